The SMILES string of the molecule is Fc1cc(F)c2[nH]c(=S)n(C3CCCC3)c2c1. The van der Waals surface area contributed by atoms with E-state index < -0.39 is 11.6 Å². The highest BCUT2D eigenvalue weighted by atomic mass is 32.1. The number of benzene rings is 1. The lowest BCUT2D eigenvalue weighted by Crippen LogP contribution is -2.04. The van der Waals surface area contributed by atoms with Crippen molar-refractivity contribution in [2.75, 3.05) is 0 Å². The van der Waals surface area contributed by atoms with Crippen LogP contribution in [-0.2, 0) is 0 Å². The van der Waals surface area contributed by atoms with E-state index in [4.69, 9.17) is 12.2 Å². The maximum atomic E-state index is 13.6. The van der Waals surface area contributed by atoms with Crippen molar-refractivity contribution in [1.82, 2.24) is 9.55 Å². The minimum Gasteiger partial charge on any atom is -0.328 e. The molecule has 1 aliphatic rings. The first-order valence-corrected chi connectivity index (χ1v) is 6.17. The second-order valence-corrected chi connectivity index (χ2v) is 4.91. The van der Waals surface area contributed by atoms with E-state index in [0.717, 1.165) is 31.7 Å². The highest BCUT2D eigenvalue weighted by molar-refractivity contribution is 7.71. The number of halogens is 2. The normalized spacial score (nSPS) is 17.1. The molecule has 0 spiro atoms. The molecule has 0 radical (unpaired) electrons. The summed E-state index contributed by atoms with van der Waals surface area (Å²) in [6, 6.07) is 2.51. The fraction of sp³-hybridized carbons (Fsp3) is 0.417. The molecular formula is C12H12F2N2S. The number of hydrogen-bond donors (Lipinski definition) is 1. The number of rotatable bonds is 1. The molecule has 0 aliphatic heterocycles. The molecule has 0 bridgehead atoms. The number of aromatic nitrogens is 2. The summed E-state index contributed by atoms with van der Waals surface area (Å²) in [7, 11) is 0. The summed E-state index contributed by atoms with van der Waals surface area (Å²) in [6.07, 6.45) is 4.35. The maximum absolute atomic E-state index is 13.6. The average molecular weight is 254 g/mol. The van der Waals surface area contributed by atoms with Gasteiger partial charge in [-0.15, -0.1) is 0 Å². The summed E-state index contributed by atoms with van der Waals surface area (Å²) in [5, 5.41) is 0. The molecule has 0 saturated heterocycles. The van der Waals surface area contributed by atoms with Crippen molar-refractivity contribution < 1.29 is 8.78 Å². The molecule has 1 saturated carbocycles. The number of nitrogens with zero attached hydrogens (tertiary/aromatic N) is 1. The van der Waals surface area contributed by atoms with Crippen molar-refractivity contribution in [2.45, 2.75) is 31.7 Å². The van der Waals surface area contributed by atoms with Crippen LogP contribution < -0.4 is 0 Å². The third-order valence-electron chi connectivity index (χ3n) is 3.43. The van der Waals surface area contributed by atoms with Crippen LogP contribution in [0, 0.1) is 16.4 Å². The van der Waals surface area contributed by atoms with Crippen molar-refractivity contribution in [2.24, 2.45) is 0 Å². The van der Waals surface area contributed by atoms with Crippen LogP contribution in [0.25, 0.3) is 11.0 Å². The van der Waals surface area contributed by atoms with Gasteiger partial charge in [-0.3, -0.25) is 0 Å². The molecule has 2 nitrogen and oxygen atoms in total. The smallest absolute Gasteiger partial charge is 0.178 e. The van der Waals surface area contributed by atoms with E-state index in [0.29, 0.717) is 15.8 Å². The fourth-order valence-corrected chi connectivity index (χ4v) is 3.02. The number of hydrogen-bond acceptors (Lipinski definition) is 1. The Morgan fingerprint density at radius 2 is 1.94 bits per heavy atom. The Morgan fingerprint density at radius 1 is 1.24 bits per heavy atom. The van der Waals surface area contributed by atoms with Crippen LogP contribution in [0.5, 0.6) is 0 Å². The van der Waals surface area contributed by atoms with Gasteiger partial charge in [0.25, 0.3) is 0 Å². The number of imidazole rings is 1. The zero-order valence-electron chi connectivity index (χ0n) is 9.17. The van der Waals surface area contributed by atoms with Gasteiger partial charge in [0, 0.05) is 12.1 Å². The van der Waals surface area contributed by atoms with Crippen LogP contribution in [-0.4, -0.2) is 9.55 Å². The van der Waals surface area contributed by atoms with E-state index >= 15 is 0 Å². The summed E-state index contributed by atoms with van der Waals surface area (Å²) in [4.78, 5) is 2.84. The molecule has 2 aromatic rings. The van der Waals surface area contributed by atoms with Crippen LogP contribution in [0.2, 0.25) is 0 Å². The predicted molar refractivity (Wildman–Crippen MR) is 64.5 cm³/mol. The monoisotopic (exact) mass is 254 g/mol. The zero-order chi connectivity index (χ0) is 12.0. The van der Waals surface area contributed by atoms with E-state index in [2.05, 4.69) is 4.98 Å². The molecule has 90 valence electrons. The van der Waals surface area contributed by atoms with Gasteiger partial charge in [0.1, 0.15) is 11.3 Å². The Hall–Kier alpha value is -1.23. The van der Waals surface area contributed by atoms with E-state index in [9.17, 15) is 8.78 Å². The van der Waals surface area contributed by atoms with E-state index in [1.54, 1.807) is 0 Å². The average Bonchev–Trinajstić information content (AvgIpc) is 2.84. The minimum atomic E-state index is -0.581. The fourth-order valence-electron chi connectivity index (χ4n) is 2.68. The second kappa shape index (κ2) is 3.91. The van der Waals surface area contributed by atoms with E-state index in [1.165, 1.54) is 6.07 Å². The Kier molecular flexibility index (Phi) is 2.50. The minimum absolute atomic E-state index is 0.275. The summed E-state index contributed by atoms with van der Waals surface area (Å²) < 4.78 is 29.2. The second-order valence-electron chi connectivity index (χ2n) is 4.52. The van der Waals surface area contributed by atoms with Gasteiger partial charge >= 0.3 is 0 Å². The van der Waals surface area contributed by atoms with Crippen molar-refractivity contribution in [3.8, 4) is 0 Å². The van der Waals surface area contributed by atoms with Gasteiger partial charge < -0.3 is 9.55 Å². The standard InChI is InChI=1S/C12H12F2N2S/c13-7-5-9(14)11-10(6-7)16(12(17)15-11)8-3-1-2-4-8/h5-6,8H,1-4H2,(H,15,17). The maximum Gasteiger partial charge on any atom is 0.178 e. The van der Waals surface area contributed by atoms with Gasteiger partial charge in [0.2, 0.25) is 0 Å². The number of nitrogens with one attached hydrogen (secondary N) is 1. The van der Waals surface area contributed by atoms with Gasteiger partial charge in [0.05, 0.1) is 5.52 Å². The zero-order valence-corrected chi connectivity index (χ0v) is 9.99. The molecule has 0 atom stereocenters. The third-order valence-corrected chi connectivity index (χ3v) is 3.73. The molecule has 0 amide bonds. The van der Waals surface area contributed by atoms with Crippen molar-refractivity contribution in [3.05, 3.63) is 28.5 Å². The Morgan fingerprint density at radius 3 is 2.65 bits per heavy atom. The number of H-pyrrole nitrogens is 1. The molecule has 1 aromatic carbocycles. The first-order valence-electron chi connectivity index (χ1n) is 5.76. The Bertz CT molecular complexity index is 623. The first-order chi connectivity index (χ1) is 8.16. The molecule has 1 aliphatic carbocycles. The highest BCUT2D eigenvalue weighted by Crippen LogP contribution is 2.33. The Balaban J connectivity index is 2.29. The molecule has 1 heterocycles. The van der Waals surface area contributed by atoms with Gasteiger partial charge in [-0.1, -0.05) is 12.8 Å². The van der Waals surface area contributed by atoms with Crippen molar-refractivity contribution in [1.29, 1.82) is 0 Å². The number of fused-ring (bicyclic) bond motifs is 1. The van der Waals surface area contributed by atoms with Crippen molar-refractivity contribution in [3.63, 3.8) is 0 Å². The lowest BCUT2D eigenvalue weighted by molar-refractivity contribution is 0.525. The third kappa shape index (κ3) is 1.69. The van der Waals surface area contributed by atoms with Crippen LogP contribution in [0.4, 0.5) is 8.78 Å². The quantitative estimate of drug-likeness (QED) is 0.760. The van der Waals surface area contributed by atoms with Crippen LogP contribution in [0.3, 0.4) is 0 Å². The summed E-state index contributed by atoms with van der Waals surface area (Å²) in [5.41, 5.74) is 0.850. The molecule has 1 aromatic heterocycles. The van der Waals surface area contributed by atoms with E-state index in [-0.39, 0.29) is 6.04 Å². The molecule has 0 unspecified atom stereocenters. The predicted octanol–water partition coefficient (Wildman–Crippen LogP) is 4.09. The van der Waals surface area contributed by atoms with Gasteiger partial charge in [-0.05, 0) is 31.1 Å². The first kappa shape index (κ1) is 10.9. The molecule has 3 rings (SSSR count). The summed E-state index contributed by atoms with van der Waals surface area (Å²) >= 11 is 5.21. The van der Waals surface area contributed by atoms with Gasteiger partial charge in [0.15, 0.2) is 10.6 Å². The van der Waals surface area contributed by atoms with Crippen LogP contribution in [0.1, 0.15) is 31.7 Å². The molecule has 1 fully saturated rings. The van der Waals surface area contributed by atoms with Gasteiger partial charge in [-0.25, -0.2) is 8.78 Å². The Labute approximate surface area is 102 Å². The highest BCUT2D eigenvalue weighted by Gasteiger charge is 2.21. The number of aromatic amines is 1. The summed E-state index contributed by atoms with van der Waals surface area (Å²) in [5.74, 6) is -1.14. The molecule has 17 heavy (non-hydrogen) atoms. The lowest BCUT2D eigenvalue weighted by Gasteiger charge is -2.12. The van der Waals surface area contributed by atoms with E-state index in [1.807, 2.05) is 4.57 Å². The van der Waals surface area contributed by atoms with Crippen molar-refractivity contribution >= 4 is 23.3 Å². The topological polar surface area (TPSA) is 20.7 Å². The largest absolute Gasteiger partial charge is 0.328 e. The summed E-state index contributed by atoms with van der Waals surface area (Å²) in [6.45, 7) is 0. The molecular weight excluding hydrogens is 242 g/mol. The van der Waals surface area contributed by atoms with Gasteiger partial charge in [-0.2, -0.15) is 0 Å². The lowest BCUT2D eigenvalue weighted by atomic mass is 10.2. The van der Waals surface area contributed by atoms with Crippen LogP contribution >= 0.6 is 12.2 Å². The van der Waals surface area contributed by atoms with Crippen LogP contribution in [0.15, 0.2) is 12.1 Å². The molecule has 1 N–H and O–H groups in total. The molecule has 5 heteroatoms.